The van der Waals surface area contributed by atoms with E-state index in [0.717, 1.165) is 17.3 Å². The molecule has 0 aliphatic carbocycles. The third kappa shape index (κ3) is 3.95. The average molecular weight is 199 g/mol. The van der Waals surface area contributed by atoms with Gasteiger partial charge in [0.15, 0.2) is 0 Å². The van der Waals surface area contributed by atoms with E-state index in [9.17, 15) is 0 Å². The summed E-state index contributed by atoms with van der Waals surface area (Å²) < 4.78 is 1.09. The lowest BCUT2D eigenvalue weighted by molar-refractivity contribution is 0.892. The van der Waals surface area contributed by atoms with Crippen LogP contribution in [0, 0.1) is 6.92 Å². The normalized spacial score (nSPS) is 14.2. The Balaban J connectivity index is 0.000000127. The average Bonchev–Trinajstić information content (AvgIpc) is 2.63. The van der Waals surface area contributed by atoms with Crippen LogP contribution in [-0.2, 0) is 0 Å². The third-order valence-corrected chi connectivity index (χ3v) is 2.64. The van der Waals surface area contributed by atoms with E-state index in [4.69, 9.17) is 0 Å². The van der Waals surface area contributed by atoms with Gasteiger partial charge < -0.3 is 5.32 Å². The van der Waals surface area contributed by atoms with Gasteiger partial charge in [-0.25, -0.2) is 0 Å². The van der Waals surface area contributed by atoms with E-state index in [2.05, 4.69) is 43.1 Å². The van der Waals surface area contributed by atoms with Gasteiger partial charge in [0.05, 0.1) is 4.21 Å². The van der Waals surface area contributed by atoms with Gasteiger partial charge in [-0.3, -0.25) is 0 Å². The van der Waals surface area contributed by atoms with Gasteiger partial charge in [0.2, 0.25) is 0 Å². The van der Waals surface area contributed by atoms with Gasteiger partial charge in [0.1, 0.15) is 0 Å². The largest absolute Gasteiger partial charge is 0.310 e. The van der Waals surface area contributed by atoms with E-state index in [1.807, 2.05) is 6.07 Å². The minimum Gasteiger partial charge on any atom is -0.310 e. The number of hydrogen-bond donors (Lipinski definition) is 2. The van der Waals surface area contributed by atoms with Crippen molar-refractivity contribution in [2.45, 2.75) is 11.1 Å². The second kappa shape index (κ2) is 5.41. The van der Waals surface area contributed by atoms with Crippen molar-refractivity contribution in [2.24, 2.45) is 0 Å². The smallest absolute Gasteiger partial charge is 0.0570 e. The summed E-state index contributed by atoms with van der Waals surface area (Å²) in [7, 11) is 0. The fourth-order valence-corrected chi connectivity index (χ4v) is 1.95. The molecule has 0 spiro atoms. The molecular formula is C9H13NS2. The first-order valence-corrected chi connectivity index (χ1v) is 5.16. The highest BCUT2D eigenvalue weighted by Crippen LogP contribution is 2.17. The molecule has 2 rings (SSSR count). The fraction of sp³-hybridized carbons (Fsp3) is 0.333. The molecule has 0 aromatic carbocycles. The standard InChI is InChI=1S/C5H6S2.C4H7N/c1-4-2-3-5(6)7-4;1-2-4-5-3-1/h2-3,6H,1H3;1-2,5H,3-4H2. The molecule has 0 fully saturated rings. The van der Waals surface area contributed by atoms with Crippen molar-refractivity contribution in [3.8, 4) is 0 Å². The highest BCUT2D eigenvalue weighted by molar-refractivity contribution is 7.82. The minimum atomic E-state index is 1.07. The highest BCUT2D eigenvalue weighted by Gasteiger charge is 1.85. The monoisotopic (exact) mass is 199 g/mol. The van der Waals surface area contributed by atoms with Crippen molar-refractivity contribution in [3.05, 3.63) is 29.2 Å². The molecule has 3 heteroatoms. The molecule has 1 aromatic rings. The Morgan fingerprint density at radius 2 is 2.00 bits per heavy atom. The number of thiol groups is 1. The topological polar surface area (TPSA) is 12.0 Å². The summed E-state index contributed by atoms with van der Waals surface area (Å²) in [5.74, 6) is 0. The summed E-state index contributed by atoms with van der Waals surface area (Å²) in [5, 5.41) is 3.11. The number of hydrogen-bond acceptors (Lipinski definition) is 3. The maximum Gasteiger partial charge on any atom is 0.0570 e. The maximum atomic E-state index is 4.12. The zero-order valence-electron chi connectivity index (χ0n) is 7.08. The summed E-state index contributed by atoms with van der Waals surface area (Å²) in [6, 6.07) is 4.07. The Labute approximate surface area is 82.9 Å². The SMILES string of the molecule is C1=CCNC1.Cc1ccc(S)s1. The molecule has 1 aromatic heterocycles. The van der Waals surface area contributed by atoms with Crippen LogP contribution in [0.5, 0.6) is 0 Å². The fourth-order valence-electron chi connectivity index (χ4n) is 0.838. The molecular weight excluding hydrogens is 186 g/mol. The first-order valence-electron chi connectivity index (χ1n) is 3.90. The molecule has 0 amide bonds. The summed E-state index contributed by atoms with van der Waals surface area (Å²) >= 11 is 5.83. The summed E-state index contributed by atoms with van der Waals surface area (Å²) in [5.41, 5.74) is 0. The van der Waals surface area contributed by atoms with Crippen molar-refractivity contribution in [1.82, 2.24) is 5.32 Å². The van der Waals surface area contributed by atoms with Crippen molar-refractivity contribution >= 4 is 24.0 Å². The molecule has 0 saturated heterocycles. The molecule has 0 unspecified atom stereocenters. The molecule has 0 radical (unpaired) electrons. The first-order chi connectivity index (χ1) is 5.79. The lowest BCUT2D eigenvalue weighted by atomic mass is 10.5. The quantitative estimate of drug-likeness (QED) is 0.483. The minimum absolute atomic E-state index is 1.07. The van der Waals surface area contributed by atoms with Crippen LogP contribution in [-0.4, -0.2) is 13.1 Å². The van der Waals surface area contributed by atoms with Crippen LogP contribution in [0.25, 0.3) is 0 Å². The van der Waals surface area contributed by atoms with Gasteiger partial charge in [-0.05, 0) is 19.1 Å². The predicted molar refractivity (Wildman–Crippen MR) is 58.3 cm³/mol. The number of rotatable bonds is 0. The van der Waals surface area contributed by atoms with Gasteiger partial charge in [-0.1, -0.05) is 12.2 Å². The Morgan fingerprint density at radius 1 is 1.33 bits per heavy atom. The molecule has 0 bridgehead atoms. The third-order valence-electron chi connectivity index (χ3n) is 1.42. The lowest BCUT2D eigenvalue weighted by Crippen LogP contribution is -2.04. The van der Waals surface area contributed by atoms with E-state index >= 15 is 0 Å². The van der Waals surface area contributed by atoms with Crippen LogP contribution in [0.2, 0.25) is 0 Å². The van der Waals surface area contributed by atoms with E-state index in [1.165, 1.54) is 4.88 Å². The molecule has 0 saturated carbocycles. The molecule has 66 valence electrons. The van der Waals surface area contributed by atoms with Gasteiger partial charge in [0, 0.05) is 18.0 Å². The van der Waals surface area contributed by atoms with Crippen LogP contribution in [0.1, 0.15) is 4.88 Å². The number of thiophene rings is 1. The molecule has 1 aliphatic rings. The van der Waals surface area contributed by atoms with Crippen molar-refractivity contribution in [1.29, 1.82) is 0 Å². The van der Waals surface area contributed by atoms with Gasteiger partial charge in [-0.2, -0.15) is 0 Å². The summed E-state index contributed by atoms with van der Waals surface area (Å²) in [6.45, 7) is 4.21. The second-order valence-electron chi connectivity index (χ2n) is 2.51. The molecule has 0 atom stereocenters. The Hall–Kier alpha value is -0.250. The number of aryl methyl sites for hydroxylation is 1. The van der Waals surface area contributed by atoms with Gasteiger partial charge in [-0.15, -0.1) is 24.0 Å². The Bertz CT molecular complexity index is 230. The van der Waals surface area contributed by atoms with Crippen LogP contribution in [0.4, 0.5) is 0 Å². The highest BCUT2D eigenvalue weighted by atomic mass is 32.2. The zero-order valence-corrected chi connectivity index (χ0v) is 8.79. The molecule has 1 nitrogen and oxygen atoms in total. The van der Waals surface area contributed by atoms with E-state index in [1.54, 1.807) is 11.3 Å². The van der Waals surface area contributed by atoms with Gasteiger partial charge >= 0.3 is 0 Å². The van der Waals surface area contributed by atoms with E-state index < -0.39 is 0 Å². The molecule has 2 heterocycles. The van der Waals surface area contributed by atoms with Crippen molar-refractivity contribution < 1.29 is 0 Å². The number of nitrogens with one attached hydrogen (secondary N) is 1. The van der Waals surface area contributed by atoms with Crippen LogP contribution < -0.4 is 5.32 Å². The predicted octanol–water partition coefficient (Wildman–Crippen LogP) is 2.49. The van der Waals surface area contributed by atoms with E-state index in [-0.39, 0.29) is 0 Å². The van der Waals surface area contributed by atoms with Crippen LogP contribution >= 0.6 is 24.0 Å². The summed E-state index contributed by atoms with van der Waals surface area (Å²) in [6.07, 6.45) is 4.25. The Kier molecular flexibility index (Phi) is 4.43. The summed E-state index contributed by atoms with van der Waals surface area (Å²) in [4.78, 5) is 1.32. The van der Waals surface area contributed by atoms with Crippen molar-refractivity contribution in [3.63, 3.8) is 0 Å². The second-order valence-corrected chi connectivity index (χ2v) is 4.59. The van der Waals surface area contributed by atoms with E-state index in [0.29, 0.717) is 0 Å². The van der Waals surface area contributed by atoms with Crippen LogP contribution in [0.3, 0.4) is 0 Å². The van der Waals surface area contributed by atoms with Gasteiger partial charge in [0.25, 0.3) is 0 Å². The lowest BCUT2D eigenvalue weighted by Gasteiger charge is -1.77. The zero-order chi connectivity index (χ0) is 8.81. The molecule has 1 aliphatic heterocycles. The molecule has 12 heavy (non-hydrogen) atoms. The maximum absolute atomic E-state index is 4.12. The van der Waals surface area contributed by atoms with Crippen LogP contribution in [0.15, 0.2) is 28.5 Å². The molecule has 1 N–H and O–H groups in total. The van der Waals surface area contributed by atoms with Crippen molar-refractivity contribution in [2.75, 3.05) is 13.1 Å². The first kappa shape index (κ1) is 9.84. The Morgan fingerprint density at radius 3 is 2.17 bits per heavy atom.